The largest absolute Gasteiger partial charge is 0.338 e. The van der Waals surface area contributed by atoms with Gasteiger partial charge < -0.3 is 4.57 Å². The molecule has 0 aliphatic heterocycles. The summed E-state index contributed by atoms with van der Waals surface area (Å²) < 4.78 is 3.99. The molecule has 0 atom stereocenters. The molecule has 0 aliphatic rings. The Bertz CT molecular complexity index is 792. The Morgan fingerprint density at radius 1 is 1.42 bits per heavy atom. The van der Waals surface area contributed by atoms with Crippen LogP contribution in [-0.2, 0) is 7.05 Å². The number of nitro benzene ring substituents is 1. The molecule has 0 radical (unpaired) electrons. The van der Waals surface area contributed by atoms with E-state index in [-0.39, 0.29) is 5.69 Å². The molecule has 0 bridgehead atoms. The van der Waals surface area contributed by atoms with Crippen LogP contribution < -0.4 is 0 Å². The van der Waals surface area contributed by atoms with Gasteiger partial charge in [0.1, 0.15) is 4.60 Å². The molecule has 2 heterocycles. The number of nitrogens with zero attached hydrogens (tertiary/aromatic N) is 5. The maximum atomic E-state index is 10.8. The number of fused-ring (bicyclic) bond motifs is 1. The molecule has 0 amide bonds. The van der Waals surface area contributed by atoms with E-state index < -0.39 is 4.92 Å². The maximum absolute atomic E-state index is 10.8. The molecule has 0 N–H and O–H groups in total. The molecule has 3 rings (SSSR count). The van der Waals surface area contributed by atoms with E-state index in [0.29, 0.717) is 15.9 Å². The minimum atomic E-state index is -0.427. The average molecular weight is 322 g/mol. The fourth-order valence-corrected chi connectivity index (χ4v) is 2.36. The average Bonchev–Trinajstić information content (AvgIpc) is 2.93. The van der Waals surface area contributed by atoms with Crippen molar-refractivity contribution in [2.45, 2.75) is 0 Å². The van der Waals surface area contributed by atoms with Gasteiger partial charge in [-0.05, 0) is 22.0 Å². The molecule has 0 saturated carbocycles. The zero-order chi connectivity index (χ0) is 13.6. The lowest BCUT2D eigenvalue weighted by molar-refractivity contribution is -0.384. The normalized spacial score (nSPS) is 11.1. The van der Waals surface area contributed by atoms with Crippen LogP contribution in [0.25, 0.3) is 16.7 Å². The highest BCUT2D eigenvalue weighted by Crippen LogP contribution is 2.28. The van der Waals surface area contributed by atoms with Crippen LogP contribution in [0.2, 0.25) is 0 Å². The van der Waals surface area contributed by atoms with Crippen molar-refractivity contribution < 1.29 is 4.92 Å². The van der Waals surface area contributed by atoms with Gasteiger partial charge >= 0.3 is 0 Å². The maximum Gasteiger partial charge on any atom is 0.271 e. The molecule has 0 aliphatic carbocycles. The van der Waals surface area contributed by atoms with E-state index >= 15 is 0 Å². The quantitative estimate of drug-likeness (QED) is 0.536. The van der Waals surface area contributed by atoms with Crippen molar-refractivity contribution in [1.29, 1.82) is 0 Å². The fourth-order valence-electron chi connectivity index (χ4n) is 1.86. The van der Waals surface area contributed by atoms with Crippen molar-refractivity contribution in [3.8, 4) is 5.82 Å². The van der Waals surface area contributed by atoms with E-state index in [0.717, 1.165) is 5.39 Å². The highest BCUT2D eigenvalue weighted by Gasteiger charge is 2.15. The highest BCUT2D eigenvalue weighted by atomic mass is 79.9. The van der Waals surface area contributed by atoms with Crippen LogP contribution in [0.1, 0.15) is 0 Å². The molecule has 96 valence electrons. The Morgan fingerprint density at radius 2 is 2.21 bits per heavy atom. The highest BCUT2D eigenvalue weighted by molar-refractivity contribution is 9.10. The van der Waals surface area contributed by atoms with E-state index in [1.54, 1.807) is 27.8 Å². The Labute approximate surface area is 115 Å². The van der Waals surface area contributed by atoms with Gasteiger partial charge in [0.2, 0.25) is 0 Å². The number of nitro groups is 1. The van der Waals surface area contributed by atoms with Gasteiger partial charge in [-0.25, -0.2) is 9.67 Å². The summed E-state index contributed by atoms with van der Waals surface area (Å²) in [5.41, 5.74) is 0.664. The second kappa shape index (κ2) is 4.16. The minimum Gasteiger partial charge on any atom is -0.338 e. The van der Waals surface area contributed by atoms with Gasteiger partial charge in [0, 0.05) is 30.8 Å². The molecule has 0 fully saturated rings. The van der Waals surface area contributed by atoms with Crippen molar-refractivity contribution in [2.24, 2.45) is 7.05 Å². The Hall–Kier alpha value is -2.22. The number of hydrogen-bond acceptors (Lipinski definition) is 4. The van der Waals surface area contributed by atoms with Crippen LogP contribution in [0.3, 0.4) is 0 Å². The molecule has 0 saturated heterocycles. The van der Waals surface area contributed by atoms with Gasteiger partial charge in [-0.3, -0.25) is 10.1 Å². The van der Waals surface area contributed by atoms with Gasteiger partial charge in [-0.2, -0.15) is 5.10 Å². The molecule has 0 unspecified atom stereocenters. The van der Waals surface area contributed by atoms with Crippen LogP contribution >= 0.6 is 15.9 Å². The van der Waals surface area contributed by atoms with E-state index in [9.17, 15) is 10.1 Å². The van der Waals surface area contributed by atoms with Crippen LogP contribution in [0.15, 0.2) is 35.3 Å². The van der Waals surface area contributed by atoms with Crippen LogP contribution in [0.4, 0.5) is 5.69 Å². The first-order chi connectivity index (χ1) is 9.06. The number of rotatable bonds is 2. The van der Waals surface area contributed by atoms with Crippen LogP contribution in [-0.4, -0.2) is 24.3 Å². The molecule has 7 nitrogen and oxygen atoms in total. The molecule has 3 aromatic rings. The number of aryl methyl sites for hydroxylation is 1. The molecule has 2 aromatic heterocycles. The lowest BCUT2D eigenvalue weighted by atomic mass is 10.2. The molecule has 1 aromatic carbocycles. The SMILES string of the molecule is Cn1cnc(-n2nc(Br)c3ccc([N+](=O)[O-])cc32)c1. The van der Waals surface area contributed by atoms with E-state index in [1.807, 2.05) is 7.05 Å². The van der Waals surface area contributed by atoms with Crippen LogP contribution in [0.5, 0.6) is 0 Å². The number of benzene rings is 1. The zero-order valence-corrected chi connectivity index (χ0v) is 11.4. The first-order valence-electron chi connectivity index (χ1n) is 5.37. The Kier molecular flexibility index (Phi) is 2.59. The summed E-state index contributed by atoms with van der Waals surface area (Å²) in [4.78, 5) is 14.6. The van der Waals surface area contributed by atoms with Crippen molar-refractivity contribution in [3.05, 3.63) is 45.4 Å². The molecular weight excluding hydrogens is 314 g/mol. The van der Waals surface area contributed by atoms with Crippen molar-refractivity contribution in [2.75, 3.05) is 0 Å². The summed E-state index contributed by atoms with van der Waals surface area (Å²) in [5, 5.41) is 16.0. The molecular formula is C11H8BrN5O2. The summed E-state index contributed by atoms with van der Waals surface area (Å²) >= 11 is 3.35. The van der Waals surface area contributed by atoms with Gasteiger partial charge in [-0.1, -0.05) is 0 Å². The number of non-ortho nitro benzene ring substituents is 1. The lowest BCUT2D eigenvalue weighted by Crippen LogP contribution is -1.97. The second-order valence-electron chi connectivity index (χ2n) is 4.06. The molecule has 19 heavy (non-hydrogen) atoms. The summed E-state index contributed by atoms with van der Waals surface area (Å²) in [7, 11) is 1.85. The smallest absolute Gasteiger partial charge is 0.271 e. The van der Waals surface area contributed by atoms with Crippen molar-refractivity contribution in [1.82, 2.24) is 19.3 Å². The predicted molar refractivity (Wildman–Crippen MR) is 72.2 cm³/mol. The number of aromatic nitrogens is 4. The number of imidazole rings is 1. The van der Waals surface area contributed by atoms with Crippen molar-refractivity contribution in [3.63, 3.8) is 0 Å². The Balaban J connectivity index is 2.29. The number of hydrogen-bond donors (Lipinski definition) is 0. The minimum absolute atomic E-state index is 0.0251. The summed E-state index contributed by atoms with van der Waals surface area (Å²) in [6.07, 6.45) is 3.44. The first kappa shape index (κ1) is 11.8. The van der Waals surface area contributed by atoms with Crippen LogP contribution in [0, 0.1) is 10.1 Å². The van der Waals surface area contributed by atoms with E-state index in [4.69, 9.17) is 0 Å². The van der Waals surface area contributed by atoms with Crippen molar-refractivity contribution >= 4 is 32.5 Å². The van der Waals surface area contributed by atoms with Gasteiger partial charge in [0.15, 0.2) is 5.82 Å². The van der Waals surface area contributed by atoms with Gasteiger partial charge in [0.05, 0.1) is 16.8 Å². The first-order valence-corrected chi connectivity index (χ1v) is 6.16. The third kappa shape index (κ3) is 1.89. The molecule has 0 spiro atoms. The fraction of sp³-hybridized carbons (Fsp3) is 0.0909. The zero-order valence-electron chi connectivity index (χ0n) is 9.82. The van der Waals surface area contributed by atoms with E-state index in [1.165, 1.54) is 12.1 Å². The lowest BCUT2D eigenvalue weighted by Gasteiger charge is -1.98. The molecule has 8 heteroatoms. The monoisotopic (exact) mass is 321 g/mol. The summed E-state index contributed by atoms with van der Waals surface area (Å²) in [6.45, 7) is 0. The third-order valence-electron chi connectivity index (χ3n) is 2.74. The summed E-state index contributed by atoms with van der Waals surface area (Å²) in [5.74, 6) is 0.610. The number of halogens is 1. The van der Waals surface area contributed by atoms with Gasteiger partial charge in [0.25, 0.3) is 5.69 Å². The van der Waals surface area contributed by atoms with E-state index in [2.05, 4.69) is 26.0 Å². The predicted octanol–water partition coefficient (Wildman–Crippen LogP) is 2.43. The Morgan fingerprint density at radius 3 is 2.84 bits per heavy atom. The van der Waals surface area contributed by atoms with Gasteiger partial charge in [-0.15, -0.1) is 0 Å². The topological polar surface area (TPSA) is 78.8 Å². The third-order valence-corrected chi connectivity index (χ3v) is 3.32. The summed E-state index contributed by atoms with van der Waals surface area (Å²) in [6, 6.07) is 4.61. The standard InChI is InChI=1S/C11H8BrN5O2/c1-15-5-10(13-6-15)16-9-4-7(17(18)19)2-3-8(9)11(12)14-16/h2-6H,1H3. The second-order valence-corrected chi connectivity index (χ2v) is 4.81.